The summed E-state index contributed by atoms with van der Waals surface area (Å²) in [5.41, 5.74) is 4.93. The summed E-state index contributed by atoms with van der Waals surface area (Å²) in [5, 5.41) is 34.5. The molecule has 8 nitrogen and oxygen atoms in total. The number of ether oxygens (including phenoxy) is 2. The lowest BCUT2D eigenvalue weighted by Gasteiger charge is -2.32. The fraction of sp³-hybridized carbons (Fsp3) is 0.225. The second-order valence-electron chi connectivity index (χ2n) is 11.6. The number of hydrogen-bond acceptors (Lipinski definition) is 7. The van der Waals surface area contributed by atoms with Crippen molar-refractivity contribution >= 4 is 11.6 Å². The highest BCUT2D eigenvalue weighted by Crippen LogP contribution is 2.26. The molecule has 2 atom stereocenters. The molecule has 0 heterocycles. The van der Waals surface area contributed by atoms with E-state index in [2.05, 4.69) is 10.2 Å². The van der Waals surface area contributed by atoms with Gasteiger partial charge in [-0.05, 0) is 65.6 Å². The zero-order chi connectivity index (χ0) is 33.6. The van der Waals surface area contributed by atoms with Crippen molar-refractivity contribution in [1.29, 1.82) is 0 Å². The van der Waals surface area contributed by atoms with Crippen LogP contribution < -0.4 is 14.8 Å². The fourth-order valence-electron chi connectivity index (χ4n) is 5.42. The molecule has 5 aromatic carbocycles. The van der Waals surface area contributed by atoms with Gasteiger partial charge < -0.3 is 30.1 Å². The van der Waals surface area contributed by atoms with Crippen LogP contribution in [0.4, 0.5) is 5.69 Å². The SMILES string of the molecule is O=C(Nc1ccc(C[C@@H](CO)N(Cc2ccccc2)C[C@H](O)COc2ccc(OCc3ccccc3)c(CO)c2)cc1)c1ccccc1. The van der Waals surface area contributed by atoms with Crippen LogP contribution in [0, 0.1) is 0 Å². The molecular weight excluding hydrogens is 604 g/mol. The van der Waals surface area contributed by atoms with E-state index in [1.807, 2.05) is 103 Å². The number of rotatable bonds is 17. The molecule has 0 aliphatic heterocycles. The van der Waals surface area contributed by atoms with E-state index in [0.717, 1.165) is 16.7 Å². The van der Waals surface area contributed by atoms with Crippen LogP contribution in [0.3, 0.4) is 0 Å². The first-order valence-corrected chi connectivity index (χ1v) is 16.1. The van der Waals surface area contributed by atoms with Crippen LogP contribution in [0.2, 0.25) is 0 Å². The van der Waals surface area contributed by atoms with E-state index in [9.17, 15) is 20.1 Å². The number of anilines is 1. The van der Waals surface area contributed by atoms with Crippen molar-refractivity contribution in [2.24, 2.45) is 0 Å². The van der Waals surface area contributed by atoms with Gasteiger partial charge in [0, 0.05) is 35.9 Å². The minimum atomic E-state index is -0.857. The van der Waals surface area contributed by atoms with Crippen LogP contribution in [-0.2, 0) is 26.2 Å². The maximum absolute atomic E-state index is 12.6. The van der Waals surface area contributed by atoms with Gasteiger partial charge in [0.25, 0.3) is 5.91 Å². The molecule has 0 saturated carbocycles. The lowest BCUT2D eigenvalue weighted by atomic mass is 10.0. The summed E-state index contributed by atoms with van der Waals surface area (Å²) in [6.07, 6.45) is -0.321. The summed E-state index contributed by atoms with van der Waals surface area (Å²) in [6, 6.07) is 41.3. The van der Waals surface area contributed by atoms with Gasteiger partial charge in [-0.25, -0.2) is 0 Å². The highest BCUT2D eigenvalue weighted by Gasteiger charge is 2.22. The van der Waals surface area contributed by atoms with Crippen molar-refractivity contribution < 1.29 is 29.6 Å². The zero-order valence-corrected chi connectivity index (χ0v) is 26.8. The fourth-order valence-corrected chi connectivity index (χ4v) is 5.42. The number of amides is 1. The van der Waals surface area contributed by atoms with Crippen molar-refractivity contribution in [2.75, 3.05) is 25.1 Å². The summed E-state index contributed by atoms with van der Waals surface area (Å²) in [4.78, 5) is 14.6. The first-order chi connectivity index (χ1) is 23.5. The highest BCUT2D eigenvalue weighted by molar-refractivity contribution is 6.04. The minimum absolute atomic E-state index is 0.0222. The number of hydrogen-bond donors (Lipinski definition) is 4. The first-order valence-electron chi connectivity index (χ1n) is 16.1. The second-order valence-corrected chi connectivity index (χ2v) is 11.6. The number of nitrogens with one attached hydrogen (secondary N) is 1. The Labute approximate surface area is 281 Å². The number of nitrogens with zero attached hydrogens (tertiary/aromatic N) is 1. The lowest BCUT2D eigenvalue weighted by Crippen LogP contribution is -2.44. The molecule has 48 heavy (non-hydrogen) atoms. The van der Waals surface area contributed by atoms with Gasteiger partial charge in [-0.2, -0.15) is 0 Å². The monoisotopic (exact) mass is 646 g/mol. The van der Waals surface area contributed by atoms with Crippen LogP contribution in [0.25, 0.3) is 0 Å². The molecule has 0 bridgehead atoms. The molecule has 0 spiro atoms. The third-order valence-corrected chi connectivity index (χ3v) is 8.00. The predicted molar refractivity (Wildman–Crippen MR) is 187 cm³/mol. The molecule has 0 fully saturated rings. The van der Waals surface area contributed by atoms with Gasteiger partial charge >= 0.3 is 0 Å². The smallest absolute Gasteiger partial charge is 0.255 e. The van der Waals surface area contributed by atoms with Gasteiger partial charge in [0.2, 0.25) is 0 Å². The van der Waals surface area contributed by atoms with E-state index in [4.69, 9.17) is 9.47 Å². The largest absolute Gasteiger partial charge is 0.491 e. The minimum Gasteiger partial charge on any atom is -0.491 e. The molecule has 0 aromatic heterocycles. The third kappa shape index (κ3) is 10.3. The normalized spacial score (nSPS) is 12.3. The molecule has 5 aromatic rings. The van der Waals surface area contributed by atoms with Crippen LogP contribution in [-0.4, -0.2) is 58.0 Å². The number of aliphatic hydroxyl groups excluding tert-OH is 3. The second kappa shape index (κ2) is 17.8. The van der Waals surface area contributed by atoms with E-state index >= 15 is 0 Å². The average molecular weight is 647 g/mol. The quantitative estimate of drug-likeness (QED) is 0.100. The standard InChI is InChI=1S/C40H42N2O6/c43-26-34-23-38(20-21-39(34)48-28-32-12-6-2-7-13-32)47-29-37(45)25-42(24-31-10-4-1-5-11-31)36(27-44)22-30-16-18-35(19-17-30)41-40(46)33-14-8-3-9-15-33/h1-21,23,36-37,43-45H,22,24-29H2,(H,41,46)/t36-,37-/m0/s1. The third-order valence-electron chi connectivity index (χ3n) is 8.00. The molecule has 0 radical (unpaired) electrons. The van der Waals surface area contributed by atoms with Crippen molar-refractivity contribution in [2.45, 2.75) is 38.3 Å². The molecule has 248 valence electrons. The van der Waals surface area contributed by atoms with Gasteiger partial charge in [0.05, 0.1) is 13.2 Å². The summed E-state index contributed by atoms with van der Waals surface area (Å²) in [6.45, 7) is 0.858. The van der Waals surface area contributed by atoms with Gasteiger partial charge in [-0.15, -0.1) is 0 Å². The molecule has 5 rings (SSSR count). The summed E-state index contributed by atoms with van der Waals surface area (Å²) < 4.78 is 11.9. The number of carbonyl (C=O) groups excluding carboxylic acids is 1. The molecule has 1 amide bonds. The Kier molecular flexibility index (Phi) is 12.7. The van der Waals surface area contributed by atoms with Gasteiger partial charge in [0.1, 0.15) is 30.8 Å². The molecule has 0 aliphatic rings. The Hall–Kier alpha value is -4.99. The maximum atomic E-state index is 12.6. The maximum Gasteiger partial charge on any atom is 0.255 e. The van der Waals surface area contributed by atoms with E-state index in [0.29, 0.717) is 47.9 Å². The number of carbonyl (C=O) groups is 1. The van der Waals surface area contributed by atoms with Crippen molar-refractivity contribution in [3.8, 4) is 11.5 Å². The summed E-state index contributed by atoms with van der Waals surface area (Å²) in [5.74, 6) is 0.903. The Morgan fingerprint density at radius 1 is 0.729 bits per heavy atom. The van der Waals surface area contributed by atoms with E-state index < -0.39 is 6.10 Å². The molecule has 0 saturated heterocycles. The Morgan fingerprint density at radius 3 is 2.02 bits per heavy atom. The predicted octanol–water partition coefficient (Wildman–Crippen LogP) is 5.86. The summed E-state index contributed by atoms with van der Waals surface area (Å²) >= 11 is 0. The van der Waals surface area contributed by atoms with Crippen molar-refractivity contribution in [3.05, 3.63) is 161 Å². The molecule has 8 heteroatoms. The van der Waals surface area contributed by atoms with E-state index in [1.165, 1.54) is 0 Å². The number of benzene rings is 5. The lowest BCUT2D eigenvalue weighted by molar-refractivity contribution is 0.0335. The van der Waals surface area contributed by atoms with Crippen LogP contribution in [0.15, 0.2) is 133 Å². The molecule has 0 unspecified atom stereocenters. The Morgan fingerprint density at radius 2 is 1.38 bits per heavy atom. The van der Waals surface area contributed by atoms with Gasteiger partial charge in [-0.1, -0.05) is 91.0 Å². The number of aliphatic hydroxyl groups is 3. The van der Waals surface area contributed by atoms with Crippen molar-refractivity contribution in [1.82, 2.24) is 4.90 Å². The Balaban J connectivity index is 1.20. The van der Waals surface area contributed by atoms with Gasteiger partial charge in [0.15, 0.2) is 0 Å². The molecule has 4 N–H and O–H groups in total. The average Bonchev–Trinajstić information content (AvgIpc) is 3.14. The topological polar surface area (TPSA) is 111 Å². The molecular formula is C40H42N2O6. The highest BCUT2D eigenvalue weighted by atomic mass is 16.5. The zero-order valence-electron chi connectivity index (χ0n) is 26.8. The Bertz CT molecular complexity index is 1680. The summed E-state index contributed by atoms with van der Waals surface area (Å²) in [7, 11) is 0. The van der Waals surface area contributed by atoms with Crippen LogP contribution in [0.1, 0.15) is 32.6 Å². The first kappa shape index (κ1) is 34.3. The van der Waals surface area contributed by atoms with E-state index in [-0.39, 0.29) is 38.3 Å². The van der Waals surface area contributed by atoms with Crippen molar-refractivity contribution in [3.63, 3.8) is 0 Å². The van der Waals surface area contributed by atoms with Crippen LogP contribution in [0.5, 0.6) is 11.5 Å². The van der Waals surface area contributed by atoms with E-state index in [1.54, 1.807) is 30.3 Å². The molecule has 0 aliphatic carbocycles. The van der Waals surface area contributed by atoms with Crippen LogP contribution >= 0.6 is 0 Å². The van der Waals surface area contributed by atoms with Gasteiger partial charge in [-0.3, -0.25) is 9.69 Å².